The fourth-order valence-electron chi connectivity index (χ4n) is 2.06. The number of carbonyl (C=O) groups excluding carboxylic acids is 1. The fraction of sp³-hybridized carbons (Fsp3) is 0.462. The highest BCUT2D eigenvalue weighted by Gasteiger charge is 2.20. The summed E-state index contributed by atoms with van der Waals surface area (Å²) in [6, 6.07) is 7.41. The van der Waals surface area contributed by atoms with Crippen LogP contribution in [0.15, 0.2) is 18.2 Å². The van der Waals surface area contributed by atoms with E-state index in [1.807, 2.05) is 17.9 Å². The van der Waals surface area contributed by atoms with Gasteiger partial charge in [0.1, 0.15) is 5.82 Å². The number of hydrogen-bond donors (Lipinski definition) is 0. The second kappa shape index (κ2) is 5.17. The third-order valence-corrected chi connectivity index (χ3v) is 3.05. The molecule has 1 fully saturated rings. The Labute approximate surface area is 101 Å². The van der Waals surface area contributed by atoms with Gasteiger partial charge in [0.15, 0.2) is 0 Å². The number of halogens is 1. The minimum atomic E-state index is -0.338. The van der Waals surface area contributed by atoms with Crippen LogP contribution in [0.25, 0.3) is 0 Å². The van der Waals surface area contributed by atoms with Crippen molar-refractivity contribution in [1.29, 1.82) is 0 Å². The predicted octanol–water partition coefficient (Wildman–Crippen LogP) is 1.68. The van der Waals surface area contributed by atoms with Gasteiger partial charge in [0, 0.05) is 44.4 Å². The van der Waals surface area contributed by atoms with Crippen molar-refractivity contribution in [1.82, 2.24) is 4.90 Å². The highest BCUT2D eigenvalue weighted by Crippen LogP contribution is 2.17. The molecule has 1 heterocycles. The first-order chi connectivity index (χ1) is 8.20. The van der Waals surface area contributed by atoms with Gasteiger partial charge < -0.3 is 9.80 Å². The molecular weight excluding hydrogens is 219 g/mol. The lowest BCUT2D eigenvalue weighted by atomic mass is 10.2. The maximum Gasteiger partial charge on any atom is 0.222 e. The molecule has 3 nitrogen and oxygen atoms in total. The summed E-state index contributed by atoms with van der Waals surface area (Å²) in [5.74, 6) is -0.146. The highest BCUT2D eigenvalue weighted by molar-refractivity contribution is 5.76. The molecule has 1 aromatic rings. The Balaban J connectivity index is 1.97. The van der Waals surface area contributed by atoms with E-state index in [0.717, 1.165) is 18.8 Å². The summed E-state index contributed by atoms with van der Waals surface area (Å²) in [5, 5.41) is 0. The second-order valence-electron chi connectivity index (χ2n) is 4.12. The molecule has 91 valence electrons. The summed E-state index contributed by atoms with van der Waals surface area (Å²) < 4.78 is 13.0. The number of anilines is 1. The third-order valence-electron chi connectivity index (χ3n) is 3.05. The van der Waals surface area contributed by atoms with Gasteiger partial charge in [0.05, 0.1) is 0 Å². The van der Waals surface area contributed by atoms with Crippen molar-refractivity contribution in [2.75, 3.05) is 31.1 Å². The van der Waals surface area contributed by atoms with E-state index in [0.29, 0.717) is 19.5 Å². The van der Waals surface area contributed by atoms with Crippen LogP contribution in [0.1, 0.15) is 13.3 Å². The molecule has 4 heteroatoms. The highest BCUT2D eigenvalue weighted by atomic mass is 19.1. The maximum absolute atomic E-state index is 13.0. The fourth-order valence-corrected chi connectivity index (χ4v) is 2.06. The van der Waals surface area contributed by atoms with E-state index >= 15 is 0 Å². The molecule has 1 saturated heterocycles. The van der Waals surface area contributed by atoms with Gasteiger partial charge in [0.2, 0.25) is 5.91 Å². The lowest BCUT2D eigenvalue weighted by Gasteiger charge is -2.36. The number of nitrogens with zero attached hydrogens (tertiary/aromatic N) is 2. The summed E-state index contributed by atoms with van der Waals surface area (Å²) >= 11 is 0. The quantitative estimate of drug-likeness (QED) is 0.778. The topological polar surface area (TPSA) is 23.6 Å². The van der Waals surface area contributed by atoms with Crippen molar-refractivity contribution >= 4 is 11.6 Å². The van der Waals surface area contributed by atoms with Crippen LogP contribution in [-0.2, 0) is 4.79 Å². The van der Waals surface area contributed by atoms with Gasteiger partial charge in [-0.25, -0.2) is 4.39 Å². The van der Waals surface area contributed by atoms with Crippen molar-refractivity contribution < 1.29 is 9.18 Å². The molecule has 0 unspecified atom stereocenters. The van der Waals surface area contributed by atoms with E-state index in [1.165, 1.54) is 6.07 Å². The summed E-state index contributed by atoms with van der Waals surface area (Å²) in [7, 11) is 0. The average Bonchev–Trinajstić information content (AvgIpc) is 2.38. The molecule has 0 aliphatic carbocycles. The second-order valence-corrected chi connectivity index (χ2v) is 4.12. The number of amides is 1. The summed E-state index contributed by atoms with van der Waals surface area (Å²) in [6.07, 6.45) is 0.551. The van der Waals surface area contributed by atoms with Crippen LogP contribution in [0.3, 0.4) is 0 Å². The third kappa shape index (κ3) is 2.75. The molecule has 0 spiro atoms. The largest absolute Gasteiger partial charge is 0.368 e. The van der Waals surface area contributed by atoms with Gasteiger partial charge in [-0.1, -0.05) is 6.92 Å². The van der Waals surface area contributed by atoms with E-state index in [1.54, 1.807) is 6.07 Å². The number of benzene rings is 1. The van der Waals surface area contributed by atoms with Crippen molar-refractivity contribution in [3.05, 3.63) is 30.1 Å². The Hall–Kier alpha value is -1.58. The van der Waals surface area contributed by atoms with Crippen LogP contribution >= 0.6 is 0 Å². The van der Waals surface area contributed by atoms with Crippen LogP contribution in [0, 0.1) is 11.9 Å². The number of rotatable bonds is 2. The lowest BCUT2D eigenvalue weighted by molar-refractivity contribution is -0.131. The van der Waals surface area contributed by atoms with Crippen molar-refractivity contribution in [3.63, 3.8) is 0 Å². The molecule has 1 amide bonds. The molecule has 0 saturated carbocycles. The van der Waals surface area contributed by atoms with Crippen molar-refractivity contribution in [2.45, 2.75) is 13.3 Å². The number of hydrogen-bond acceptors (Lipinski definition) is 2. The summed E-state index contributed by atoms with van der Waals surface area (Å²) in [6.45, 7) is 4.82. The Morgan fingerprint density at radius 2 is 2.12 bits per heavy atom. The lowest BCUT2D eigenvalue weighted by Crippen LogP contribution is -2.48. The minimum Gasteiger partial charge on any atom is -0.368 e. The molecule has 2 rings (SSSR count). The first-order valence-electron chi connectivity index (χ1n) is 5.90. The zero-order valence-corrected chi connectivity index (χ0v) is 9.95. The van der Waals surface area contributed by atoms with E-state index in [2.05, 4.69) is 11.0 Å². The van der Waals surface area contributed by atoms with E-state index in [-0.39, 0.29) is 11.7 Å². The first kappa shape index (κ1) is 11.9. The zero-order valence-electron chi connectivity index (χ0n) is 9.95. The zero-order chi connectivity index (χ0) is 12.3. The first-order valence-corrected chi connectivity index (χ1v) is 5.90. The Kier molecular flexibility index (Phi) is 3.61. The maximum atomic E-state index is 13.0. The molecule has 0 N–H and O–H groups in total. The number of piperazine rings is 1. The Morgan fingerprint density at radius 3 is 2.71 bits per heavy atom. The van der Waals surface area contributed by atoms with Crippen molar-refractivity contribution in [2.24, 2.45) is 0 Å². The minimum absolute atomic E-state index is 0.192. The SMILES string of the molecule is CCC(=O)N1CCN(c2cc[c]c(F)c2)CC1. The smallest absolute Gasteiger partial charge is 0.222 e. The van der Waals surface area contributed by atoms with Crippen LogP contribution in [0.5, 0.6) is 0 Å². The van der Waals surface area contributed by atoms with E-state index < -0.39 is 0 Å². The molecule has 1 aliphatic heterocycles. The molecule has 0 atom stereocenters. The van der Waals surface area contributed by atoms with Gasteiger partial charge >= 0.3 is 0 Å². The summed E-state index contributed by atoms with van der Waals surface area (Å²) in [4.78, 5) is 15.5. The normalized spacial score (nSPS) is 16.1. The standard InChI is InChI=1S/C13H16FN2O/c1-2-13(17)16-8-6-15(7-9-16)12-5-3-4-11(14)10-12/h3,5,10H,2,6-9H2,1H3. The van der Waals surface area contributed by atoms with Crippen LogP contribution in [-0.4, -0.2) is 37.0 Å². The van der Waals surface area contributed by atoms with Gasteiger partial charge in [-0.2, -0.15) is 0 Å². The molecule has 0 bridgehead atoms. The molecule has 17 heavy (non-hydrogen) atoms. The van der Waals surface area contributed by atoms with Crippen LogP contribution in [0.2, 0.25) is 0 Å². The van der Waals surface area contributed by atoms with Crippen molar-refractivity contribution in [3.8, 4) is 0 Å². The van der Waals surface area contributed by atoms with Crippen LogP contribution < -0.4 is 4.90 Å². The average molecular weight is 235 g/mol. The van der Waals surface area contributed by atoms with E-state index in [9.17, 15) is 9.18 Å². The Bertz CT molecular complexity index is 400. The molecule has 1 aromatic carbocycles. The van der Waals surface area contributed by atoms with Gasteiger partial charge in [-0.3, -0.25) is 4.79 Å². The van der Waals surface area contributed by atoms with E-state index in [4.69, 9.17) is 0 Å². The Morgan fingerprint density at radius 1 is 1.41 bits per heavy atom. The summed E-state index contributed by atoms with van der Waals surface area (Å²) in [5.41, 5.74) is 0.866. The van der Waals surface area contributed by atoms with Gasteiger partial charge in [-0.15, -0.1) is 0 Å². The molecule has 1 aliphatic rings. The monoisotopic (exact) mass is 235 g/mol. The predicted molar refractivity (Wildman–Crippen MR) is 64.3 cm³/mol. The van der Waals surface area contributed by atoms with Gasteiger partial charge in [-0.05, 0) is 18.2 Å². The molecule has 1 radical (unpaired) electrons. The molecular formula is C13H16FN2O. The van der Waals surface area contributed by atoms with Gasteiger partial charge in [0.25, 0.3) is 0 Å². The molecule has 0 aromatic heterocycles. The van der Waals surface area contributed by atoms with Crippen LogP contribution in [0.4, 0.5) is 10.1 Å². The number of carbonyl (C=O) groups is 1.